The topological polar surface area (TPSA) is 26.3 Å². The Hall–Kier alpha value is -2.35. The molecule has 1 aliphatic carbocycles. The number of esters is 1. The molecule has 1 aliphatic rings. The van der Waals surface area contributed by atoms with E-state index in [1.54, 1.807) is 18.2 Å². The number of hydrogen-bond donors (Lipinski definition) is 0. The third kappa shape index (κ3) is 2.49. The molecule has 0 saturated carbocycles. The number of hydrogen-bond acceptors (Lipinski definition) is 2. The highest BCUT2D eigenvalue weighted by Gasteiger charge is 2.37. The van der Waals surface area contributed by atoms with E-state index < -0.39 is 5.60 Å². The Morgan fingerprint density at radius 2 is 1.81 bits per heavy atom. The van der Waals surface area contributed by atoms with Gasteiger partial charge in [-0.15, -0.1) is 0 Å². The Balaban J connectivity index is 1.96. The molecule has 21 heavy (non-hydrogen) atoms. The summed E-state index contributed by atoms with van der Waals surface area (Å²) in [4.78, 5) is 12.4. The highest BCUT2D eigenvalue weighted by Crippen LogP contribution is 2.39. The first-order valence-electron chi connectivity index (χ1n) is 7.25. The van der Waals surface area contributed by atoms with Crippen LogP contribution in [0.5, 0.6) is 0 Å². The van der Waals surface area contributed by atoms with E-state index in [9.17, 15) is 4.79 Å². The summed E-state index contributed by atoms with van der Waals surface area (Å²) in [6.45, 7) is 3.92. The summed E-state index contributed by atoms with van der Waals surface area (Å²) in [5.41, 5.74) is 2.17. The van der Waals surface area contributed by atoms with Crippen LogP contribution in [0, 0.1) is 0 Å². The zero-order chi connectivity index (χ0) is 14.7. The summed E-state index contributed by atoms with van der Waals surface area (Å²) in [5.74, 6) is -0.299. The van der Waals surface area contributed by atoms with Crippen LogP contribution in [-0.2, 0) is 16.8 Å². The molecule has 0 aliphatic heterocycles. The van der Waals surface area contributed by atoms with Gasteiger partial charge in [-0.3, -0.25) is 0 Å². The van der Waals surface area contributed by atoms with Crippen molar-refractivity contribution in [3.05, 3.63) is 83.9 Å². The largest absolute Gasteiger partial charge is 0.446 e. The lowest BCUT2D eigenvalue weighted by atomic mass is 9.79. The van der Waals surface area contributed by atoms with Gasteiger partial charge in [0.05, 0.1) is 5.56 Å². The number of carbonyl (C=O) groups is 1. The second-order valence-corrected chi connectivity index (χ2v) is 5.36. The minimum Gasteiger partial charge on any atom is -0.446 e. The van der Waals surface area contributed by atoms with Gasteiger partial charge in [0.15, 0.2) is 5.60 Å². The van der Waals surface area contributed by atoms with E-state index in [0.717, 1.165) is 24.8 Å². The quantitative estimate of drug-likeness (QED) is 0.619. The van der Waals surface area contributed by atoms with Gasteiger partial charge in [-0.05, 0) is 43.0 Å². The second-order valence-electron chi connectivity index (χ2n) is 5.36. The van der Waals surface area contributed by atoms with Gasteiger partial charge >= 0.3 is 5.97 Å². The van der Waals surface area contributed by atoms with Crippen LogP contribution in [-0.4, -0.2) is 5.97 Å². The van der Waals surface area contributed by atoms with Crippen molar-refractivity contribution in [1.29, 1.82) is 0 Å². The van der Waals surface area contributed by atoms with Crippen LogP contribution in [0.2, 0.25) is 0 Å². The van der Waals surface area contributed by atoms with Crippen molar-refractivity contribution in [2.24, 2.45) is 0 Å². The Bertz CT molecular complexity index is 660. The highest BCUT2D eigenvalue weighted by molar-refractivity contribution is 5.89. The van der Waals surface area contributed by atoms with Gasteiger partial charge in [-0.2, -0.15) is 0 Å². The number of fused-ring (bicyclic) bond motifs is 1. The van der Waals surface area contributed by atoms with Crippen LogP contribution in [0.25, 0.3) is 0 Å². The Morgan fingerprint density at radius 1 is 1.10 bits per heavy atom. The maximum Gasteiger partial charge on any atom is 0.339 e. The van der Waals surface area contributed by atoms with E-state index in [1.165, 1.54) is 5.56 Å². The Kier molecular flexibility index (Phi) is 3.61. The van der Waals surface area contributed by atoms with Crippen molar-refractivity contribution in [1.82, 2.24) is 0 Å². The van der Waals surface area contributed by atoms with Gasteiger partial charge in [-0.25, -0.2) is 4.79 Å². The first-order chi connectivity index (χ1) is 10.2. The van der Waals surface area contributed by atoms with Crippen molar-refractivity contribution in [3.63, 3.8) is 0 Å². The van der Waals surface area contributed by atoms with Crippen molar-refractivity contribution in [2.75, 3.05) is 0 Å². The average molecular weight is 278 g/mol. The summed E-state index contributed by atoms with van der Waals surface area (Å²) in [6.07, 6.45) is 4.57. The van der Waals surface area contributed by atoms with E-state index in [-0.39, 0.29) is 5.97 Å². The van der Waals surface area contributed by atoms with Gasteiger partial charge in [0.2, 0.25) is 0 Å². The van der Waals surface area contributed by atoms with Gasteiger partial charge < -0.3 is 4.74 Å². The monoisotopic (exact) mass is 278 g/mol. The molecule has 106 valence electrons. The minimum absolute atomic E-state index is 0.299. The zero-order valence-electron chi connectivity index (χ0n) is 11.9. The fraction of sp³-hybridized carbons (Fsp3) is 0.211. The SMILES string of the molecule is C=CC1(OC(=O)c2ccccc2)CCCc2ccccc21. The van der Waals surface area contributed by atoms with Crippen LogP contribution in [0.3, 0.4) is 0 Å². The molecule has 0 heterocycles. The fourth-order valence-electron chi connectivity index (χ4n) is 2.99. The minimum atomic E-state index is -0.707. The number of rotatable bonds is 3. The predicted octanol–water partition coefficient (Wildman–Crippen LogP) is 4.26. The molecule has 0 amide bonds. The molecule has 0 radical (unpaired) electrons. The third-order valence-corrected chi connectivity index (χ3v) is 4.08. The average Bonchev–Trinajstić information content (AvgIpc) is 2.56. The molecule has 3 rings (SSSR count). The second kappa shape index (κ2) is 5.57. The molecular formula is C19H18O2. The molecule has 1 unspecified atom stereocenters. The molecule has 2 nitrogen and oxygen atoms in total. The first-order valence-corrected chi connectivity index (χ1v) is 7.25. The molecule has 2 aromatic rings. The van der Waals surface area contributed by atoms with Crippen molar-refractivity contribution in [3.8, 4) is 0 Å². The standard InChI is InChI=1S/C19H18O2/c1-2-19(21-18(20)16-10-4-3-5-11-16)14-8-12-15-9-6-7-13-17(15)19/h2-7,9-11,13H,1,8,12,14H2. The van der Waals surface area contributed by atoms with Gasteiger partial charge in [0, 0.05) is 5.56 Å². The summed E-state index contributed by atoms with van der Waals surface area (Å²) in [7, 11) is 0. The normalized spacial score (nSPS) is 20.4. The lowest BCUT2D eigenvalue weighted by molar-refractivity contribution is -0.00520. The van der Waals surface area contributed by atoms with E-state index in [2.05, 4.69) is 12.6 Å². The number of aryl methyl sites for hydroxylation is 1. The van der Waals surface area contributed by atoms with Crippen molar-refractivity contribution in [2.45, 2.75) is 24.9 Å². The number of carbonyl (C=O) groups excluding carboxylic acids is 1. The molecule has 0 saturated heterocycles. The third-order valence-electron chi connectivity index (χ3n) is 4.08. The van der Waals surface area contributed by atoms with Crippen molar-refractivity contribution < 1.29 is 9.53 Å². The van der Waals surface area contributed by atoms with E-state index in [1.807, 2.05) is 36.4 Å². The summed E-state index contributed by atoms with van der Waals surface area (Å²) in [5, 5.41) is 0. The molecule has 1 atom stereocenters. The van der Waals surface area contributed by atoms with Crippen molar-refractivity contribution >= 4 is 5.97 Å². The van der Waals surface area contributed by atoms with E-state index in [4.69, 9.17) is 4.74 Å². The van der Waals surface area contributed by atoms with Crippen LogP contribution in [0.15, 0.2) is 67.3 Å². The Labute approximate surface area is 125 Å². The van der Waals surface area contributed by atoms with Crippen LogP contribution >= 0.6 is 0 Å². The predicted molar refractivity (Wildman–Crippen MR) is 83.1 cm³/mol. The molecule has 0 bridgehead atoms. The van der Waals surface area contributed by atoms with Crippen LogP contribution in [0.4, 0.5) is 0 Å². The van der Waals surface area contributed by atoms with E-state index in [0.29, 0.717) is 5.56 Å². The molecular weight excluding hydrogens is 260 g/mol. The maximum atomic E-state index is 12.4. The highest BCUT2D eigenvalue weighted by atomic mass is 16.6. The molecule has 2 aromatic carbocycles. The fourth-order valence-corrected chi connectivity index (χ4v) is 2.99. The molecule has 0 aromatic heterocycles. The Morgan fingerprint density at radius 3 is 2.57 bits per heavy atom. The molecule has 0 fully saturated rings. The summed E-state index contributed by atoms with van der Waals surface area (Å²) in [6, 6.07) is 17.3. The first kappa shape index (κ1) is 13.6. The van der Waals surface area contributed by atoms with E-state index >= 15 is 0 Å². The van der Waals surface area contributed by atoms with Gasteiger partial charge in [0.25, 0.3) is 0 Å². The number of benzene rings is 2. The van der Waals surface area contributed by atoms with Crippen LogP contribution in [0.1, 0.15) is 34.3 Å². The maximum absolute atomic E-state index is 12.4. The summed E-state index contributed by atoms with van der Waals surface area (Å²) >= 11 is 0. The molecule has 2 heteroatoms. The van der Waals surface area contributed by atoms with Gasteiger partial charge in [0.1, 0.15) is 0 Å². The smallest absolute Gasteiger partial charge is 0.339 e. The number of ether oxygens (including phenoxy) is 1. The zero-order valence-corrected chi connectivity index (χ0v) is 11.9. The lowest BCUT2D eigenvalue weighted by Gasteiger charge is -2.36. The summed E-state index contributed by atoms with van der Waals surface area (Å²) < 4.78 is 5.88. The molecule has 0 N–H and O–H groups in total. The molecule has 0 spiro atoms. The van der Waals surface area contributed by atoms with Gasteiger partial charge in [-0.1, -0.05) is 49.0 Å². The lowest BCUT2D eigenvalue weighted by Crippen LogP contribution is -2.34. The van der Waals surface area contributed by atoms with Crippen LogP contribution < -0.4 is 0 Å².